The molecule has 117 valence electrons. The molecule has 0 fully saturated rings. The van der Waals surface area contributed by atoms with Crippen LogP contribution in [0.2, 0.25) is 0 Å². The minimum Gasteiger partial charge on any atom is -0.406 e. The van der Waals surface area contributed by atoms with E-state index in [1.54, 1.807) is 22.7 Å². The third-order valence-corrected chi connectivity index (χ3v) is 5.85. The van der Waals surface area contributed by atoms with E-state index >= 15 is 0 Å². The molecule has 0 aliphatic carbocycles. The summed E-state index contributed by atoms with van der Waals surface area (Å²) in [7, 11) is 2.28. The molecule has 3 aromatic rings. The Hall–Kier alpha value is -2.11. The van der Waals surface area contributed by atoms with E-state index in [1.807, 2.05) is 18.2 Å². The number of hydrogen-bond donors (Lipinski definition) is 0. The van der Waals surface area contributed by atoms with E-state index < -0.39 is 0 Å². The molecule has 2 nitrogen and oxygen atoms in total. The molecule has 0 saturated carbocycles. The summed E-state index contributed by atoms with van der Waals surface area (Å²) in [5.74, 6) is 0.295. The first-order valence-corrected chi connectivity index (χ1v) is 9.62. The summed E-state index contributed by atoms with van der Waals surface area (Å²) in [5.41, 5.74) is 2.21. The van der Waals surface area contributed by atoms with Crippen LogP contribution in [0.25, 0.3) is 0 Å². The Labute approximate surface area is 151 Å². The highest BCUT2D eigenvalue weighted by Gasteiger charge is 2.22. The largest absolute Gasteiger partial charge is 0.406 e. The molecule has 1 aromatic carbocycles. The van der Waals surface area contributed by atoms with E-state index in [-0.39, 0.29) is 0 Å². The van der Waals surface area contributed by atoms with Gasteiger partial charge in [-0.05, 0) is 40.7 Å². The number of nitrogens with zero attached hydrogens (tertiary/aromatic N) is 2. The van der Waals surface area contributed by atoms with Crippen molar-refractivity contribution >= 4 is 35.8 Å². The van der Waals surface area contributed by atoms with E-state index in [0.29, 0.717) is 12.5 Å². The Bertz CT molecular complexity index is 789. The second-order valence-corrected chi connectivity index (χ2v) is 7.50. The quantitative estimate of drug-likeness (QED) is 0.606. The van der Waals surface area contributed by atoms with E-state index in [0.717, 1.165) is 5.71 Å². The molecule has 5 heteroatoms. The van der Waals surface area contributed by atoms with Gasteiger partial charge in [0.1, 0.15) is 0 Å². The molecule has 3 heterocycles. The number of rotatable bonds is 5. The molecule has 4 rings (SSSR count). The number of thiophene rings is 2. The zero-order valence-electron chi connectivity index (χ0n) is 13.1. The predicted molar refractivity (Wildman–Crippen MR) is 105 cm³/mol. The average molecular weight is 347 g/mol. The van der Waals surface area contributed by atoms with Crippen LogP contribution in [0.15, 0.2) is 82.6 Å². The fourth-order valence-corrected chi connectivity index (χ4v) is 4.42. The van der Waals surface area contributed by atoms with Crippen molar-refractivity contribution in [3.05, 3.63) is 93.0 Å². The molecule has 0 atom stereocenters. The average Bonchev–Trinajstić information content (AvgIpc) is 3.35. The topological polar surface area (TPSA) is 15.6 Å². The standard InChI is InChI=1S/C19H16BN2S2/c1-2-6-15(7-3-1)16-10-11-22(14-21-16)20-19(17-8-4-12-23-17)18-9-5-13-24-18/h1-13,19H,14H2. The van der Waals surface area contributed by atoms with Crippen LogP contribution in [0.5, 0.6) is 0 Å². The fourth-order valence-electron chi connectivity index (χ4n) is 2.73. The lowest BCUT2D eigenvalue weighted by Crippen LogP contribution is -2.30. The monoisotopic (exact) mass is 347 g/mol. The van der Waals surface area contributed by atoms with Crippen LogP contribution in [0.4, 0.5) is 0 Å². The molecule has 2 aromatic heterocycles. The van der Waals surface area contributed by atoms with Gasteiger partial charge in [-0.1, -0.05) is 42.5 Å². The van der Waals surface area contributed by atoms with Crippen molar-refractivity contribution in [1.82, 2.24) is 4.81 Å². The summed E-state index contributed by atoms with van der Waals surface area (Å²) in [5, 5.41) is 4.28. The molecule has 0 saturated heterocycles. The summed E-state index contributed by atoms with van der Waals surface area (Å²) in [6, 6.07) is 19.0. The van der Waals surface area contributed by atoms with Crippen molar-refractivity contribution in [2.75, 3.05) is 6.67 Å². The normalized spacial score (nSPS) is 14.0. The number of benzene rings is 1. The SMILES string of the molecule is [B](C(c1cccs1)c1cccs1)N1C=CC(c2ccccc2)=NC1. The highest BCUT2D eigenvalue weighted by Crippen LogP contribution is 2.31. The molecule has 0 amide bonds. The molecule has 1 aliphatic heterocycles. The second kappa shape index (κ2) is 7.20. The van der Waals surface area contributed by atoms with Crippen LogP contribution >= 0.6 is 22.7 Å². The van der Waals surface area contributed by atoms with Gasteiger partial charge in [0, 0.05) is 15.6 Å². The Morgan fingerprint density at radius 3 is 2.17 bits per heavy atom. The van der Waals surface area contributed by atoms with Gasteiger partial charge < -0.3 is 4.81 Å². The van der Waals surface area contributed by atoms with Crippen LogP contribution in [-0.2, 0) is 0 Å². The van der Waals surface area contributed by atoms with Gasteiger partial charge in [-0.3, -0.25) is 4.99 Å². The Morgan fingerprint density at radius 1 is 0.917 bits per heavy atom. The zero-order valence-corrected chi connectivity index (χ0v) is 14.7. The van der Waals surface area contributed by atoms with Crippen LogP contribution in [0.1, 0.15) is 21.1 Å². The van der Waals surface area contributed by atoms with Gasteiger partial charge in [0.2, 0.25) is 0 Å². The minimum absolute atomic E-state index is 0.295. The predicted octanol–water partition coefficient (Wildman–Crippen LogP) is 4.79. The van der Waals surface area contributed by atoms with Crippen LogP contribution in [-0.4, -0.2) is 24.6 Å². The van der Waals surface area contributed by atoms with Crippen molar-refractivity contribution < 1.29 is 0 Å². The first kappa shape index (κ1) is 15.4. The maximum atomic E-state index is 4.73. The van der Waals surface area contributed by atoms with E-state index in [1.165, 1.54) is 15.3 Å². The van der Waals surface area contributed by atoms with Gasteiger partial charge in [0.05, 0.1) is 12.4 Å². The third-order valence-electron chi connectivity index (χ3n) is 3.94. The number of aliphatic imine (C=N–C) groups is 1. The summed E-state index contributed by atoms with van der Waals surface area (Å²) >= 11 is 3.61. The molecule has 0 bridgehead atoms. The number of hydrogen-bond acceptors (Lipinski definition) is 4. The summed E-state index contributed by atoms with van der Waals surface area (Å²) in [4.78, 5) is 9.63. The lowest BCUT2D eigenvalue weighted by Gasteiger charge is -2.25. The van der Waals surface area contributed by atoms with Crippen LogP contribution < -0.4 is 0 Å². The molecule has 0 unspecified atom stereocenters. The second-order valence-electron chi connectivity index (χ2n) is 5.54. The van der Waals surface area contributed by atoms with Crippen molar-refractivity contribution in [1.29, 1.82) is 0 Å². The summed E-state index contributed by atoms with van der Waals surface area (Å²) in [6.45, 7) is 0.661. The zero-order chi connectivity index (χ0) is 16.2. The molecule has 0 spiro atoms. The first-order chi connectivity index (χ1) is 11.9. The number of allylic oxidation sites excluding steroid dienone is 1. The van der Waals surface area contributed by atoms with E-state index in [4.69, 9.17) is 4.99 Å². The van der Waals surface area contributed by atoms with Gasteiger partial charge in [0.25, 0.3) is 7.41 Å². The molecular weight excluding hydrogens is 331 g/mol. The first-order valence-electron chi connectivity index (χ1n) is 7.86. The molecular formula is C19H16BN2S2. The molecule has 1 aliphatic rings. The summed E-state index contributed by atoms with van der Waals surface area (Å²) in [6.07, 6.45) is 4.22. The van der Waals surface area contributed by atoms with E-state index in [9.17, 15) is 0 Å². The molecule has 24 heavy (non-hydrogen) atoms. The maximum absolute atomic E-state index is 4.73. The van der Waals surface area contributed by atoms with Crippen LogP contribution in [0, 0.1) is 0 Å². The van der Waals surface area contributed by atoms with Crippen molar-refractivity contribution in [3.63, 3.8) is 0 Å². The molecule has 1 radical (unpaired) electrons. The Balaban J connectivity index is 1.49. The fraction of sp³-hybridized carbons (Fsp3) is 0.105. The van der Waals surface area contributed by atoms with Gasteiger partial charge in [-0.25, -0.2) is 0 Å². The Morgan fingerprint density at radius 2 is 1.62 bits per heavy atom. The minimum atomic E-state index is 0.295. The third kappa shape index (κ3) is 3.37. The Kier molecular flexibility index (Phi) is 4.63. The van der Waals surface area contributed by atoms with Crippen molar-refractivity contribution in [3.8, 4) is 0 Å². The van der Waals surface area contributed by atoms with Crippen molar-refractivity contribution in [2.45, 2.75) is 5.82 Å². The van der Waals surface area contributed by atoms with Gasteiger partial charge in [0.15, 0.2) is 0 Å². The van der Waals surface area contributed by atoms with Gasteiger partial charge in [-0.15, -0.1) is 22.7 Å². The highest BCUT2D eigenvalue weighted by molar-refractivity contribution is 7.12. The maximum Gasteiger partial charge on any atom is 0.262 e. The summed E-state index contributed by atoms with van der Waals surface area (Å²) < 4.78 is 0. The van der Waals surface area contributed by atoms with Gasteiger partial charge in [-0.2, -0.15) is 0 Å². The lowest BCUT2D eigenvalue weighted by atomic mass is 9.72. The van der Waals surface area contributed by atoms with Crippen molar-refractivity contribution in [2.24, 2.45) is 4.99 Å². The lowest BCUT2D eigenvalue weighted by molar-refractivity contribution is 0.594. The van der Waals surface area contributed by atoms with E-state index in [2.05, 4.69) is 71.7 Å². The smallest absolute Gasteiger partial charge is 0.262 e. The highest BCUT2D eigenvalue weighted by atomic mass is 32.1. The molecule has 0 N–H and O–H groups in total. The van der Waals surface area contributed by atoms with Crippen LogP contribution in [0.3, 0.4) is 0 Å². The van der Waals surface area contributed by atoms with Gasteiger partial charge >= 0.3 is 0 Å².